The number of rotatable bonds is 0. The molecule has 0 saturated carbocycles. The summed E-state index contributed by atoms with van der Waals surface area (Å²) in [5, 5.41) is 8.74. The van der Waals surface area contributed by atoms with Crippen LogP contribution in [0.3, 0.4) is 0 Å². The fourth-order valence-corrected chi connectivity index (χ4v) is 0.821. The molecule has 1 saturated heterocycles. The topological polar surface area (TPSA) is 40.5 Å². The Kier molecular flexibility index (Phi) is 1.40. The van der Waals surface area contributed by atoms with Gasteiger partial charge >= 0.3 is 0 Å². The van der Waals surface area contributed by atoms with Gasteiger partial charge in [0, 0.05) is 24.6 Å². The van der Waals surface area contributed by atoms with Crippen molar-refractivity contribution in [1.29, 1.82) is 0 Å². The van der Waals surface area contributed by atoms with Crippen molar-refractivity contribution in [3.63, 3.8) is 0 Å². The second-order valence-corrected chi connectivity index (χ2v) is 2.09. The van der Waals surface area contributed by atoms with Crippen LogP contribution in [0.4, 0.5) is 0 Å². The van der Waals surface area contributed by atoms with Crippen LogP contribution in [0.5, 0.6) is 0 Å². The zero-order valence-electron chi connectivity index (χ0n) is 4.17. The van der Waals surface area contributed by atoms with E-state index >= 15 is 0 Å². The average molecular weight is 136 g/mol. The Morgan fingerprint density at radius 2 is 2.50 bits per heavy atom. The Labute approximate surface area is 52.0 Å². The number of carbonyl (C=O) groups excluding carboxylic acids is 1. The normalized spacial score (nSPS) is 29.5. The lowest BCUT2D eigenvalue weighted by Gasteiger charge is -2.07. The number of carbonyl (C=O) groups is 1. The Balaban J connectivity index is 2.56. The van der Waals surface area contributed by atoms with E-state index < -0.39 is 6.23 Å². The molecule has 0 bridgehead atoms. The first-order valence-electron chi connectivity index (χ1n) is 2.37. The molecular weight excluding hydrogens is 130 g/mol. The summed E-state index contributed by atoms with van der Waals surface area (Å²) in [6.07, 6.45) is 0.0664. The molecule has 0 spiro atoms. The number of nitrogens with zero attached hydrogens (tertiary/aromatic N) is 1. The average Bonchev–Trinajstić information content (AvgIpc) is 1.98. The van der Waals surface area contributed by atoms with Gasteiger partial charge < -0.3 is 5.11 Å². The van der Waals surface area contributed by atoms with E-state index in [0.717, 1.165) is 4.42 Å². The van der Waals surface area contributed by atoms with Gasteiger partial charge in [0.2, 0.25) is 5.91 Å². The molecule has 1 N–H and O–H groups in total. The molecule has 1 unspecified atom stereocenters. The van der Waals surface area contributed by atoms with Gasteiger partial charge in [0.15, 0.2) is 0 Å². The van der Waals surface area contributed by atoms with Crippen molar-refractivity contribution < 1.29 is 9.90 Å². The lowest BCUT2D eigenvalue weighted by molar-refractivity contribution is -0.126. The summed E-state index contributed by atoms with van der Waals surface area (Å²) in [6.45, 7) is 0. The molecule has 1 aliphatic rings. The summed E-state index contributed by atoms with van der Waals surface area (Å²) in [5.41, 5.74) is 0. The molecule has 0 aromatic carbocycles. The van der Waals surface area contributed by atoms with Gasteiger partial charge in [-0.25, -0.2) is 4.42 Å². The van der Waals surface area contributed by atoms with Gasteiger partial charge in [-0.3, -0.25) is 4.79 Å². The molecule has 1 heterocycles. The lowest BCUT2D eigenvalue weighted by atomic mass is 10.4. The molecule has 1 atom stereocenters. The maximum absolute atomic E-state index is 10.4. The molecule has 8 heavy (non-hydrogen) atoms. The summed E-state index contributed by atoms with van der Waals surface area (Å²) in [5.74, 6) is -0.195. The van der Waals surface area contributed by atoms with Crippen molar-refractivity contribution in [3.05, 3.63) is 0 Å². The minimum atomic E-state index is -0.760. The zero-order valence-corrected chi connectivity index (χ0v) is 4.93. The maximum atomic E-state index is 10.4. The van der Waals surface area contributed by atoms with Crippen LogP contribution in [0.25, 0.3) is 0 Å². The summed E-state index contributed by atoms with van der Waals surface area (Å²) in [6, 6.07) is 0. The predicted octanol–water partition coefficient (Wildman–Crippen LogP) is 0.0810. The van der Waals surface area contributed by atoms with E-state index in [9.17, 15) is 4.79 Å². The van der Waals surface area contributed by atoms with Gasteiger partial charge in [-0.1, -0.05) is 0 Å². The van der Waals surface area contributed by atoms with Gasteiger partial charge in [0.1, 0.15) is 6.23 Å². The number of amides is 1. The summed E-state index contributed by atoms with van der Waals surface area (Å²) < 4.78 is 0.833. The minimum Gasteiger partial charge on any atom is -0.372 e. The van der Waals surface area contributed by atoms with Crippen LogP contribution < -0.4 is 0 Å². The maximum Gasteiger partial charge on any atom is 0.239 e. The molecule has 0 radical (unpaired) electrons. The minimum absolute atomic E-state index is 0.195. The highest BCUT2D eigenvalue weighted by Crippen LogP contribution is 2.17. The van der Waals surface area contributed by atoms with E-state index in [1.54, 1.807) is 0 Å². The second kappa shape index (κ2) is 1.91. The van der Waals surface area contributed by atoms with Crippen LogP contribution in [0.1, 0.15) is 12.8 Å². The first-order valence-corrected chi connectivity index (χ1v) is 2.71. The number of aliphatic hydroxyl groups is 1. The Bertz CT molecular complexity index is 117. The lowest BCUT2D eigenvalue weighted by Crippen LogP contribution is -2.22. The number of aliphatic hydroxyl groups excluding tert-OH is 1. The SMILES string of the molecule is O=C1CCC(O)N1Cl. The van der Waals surface area contributed by atoms with Crippen LogP contribution in [-0.4, -0.2) is 21.7 Å². The standard InChI is InChI=1S/C4H6ClNO2/c5-6-3(7)1-2-4(6)8/h3,7H,1-2H2. The van der Waals surface area contributed by atoms with E-state index in [0.29, 0.717) is 12.8 Å². The Morgan fingerprint density at radius 1 is 1.88 bits per heavy atom. The van der Waals surface area contributed by atoms with Crippen molar-refractivity contribution >= 4 is 17.7 Å². The van der Waals surface area contributed by atoms with Crippen molar-refractivity contribution in [3.8, 4) is 0 Å². The van der Waals surface area contributed by atoms with Crippen LogP contribution in [0, 0.1) is 0 Å². The third kappa shape index (κ3) is 0.788. The fourth-order valence-electron chi connectivity index (χ4n) is 0.639. The summed E-state index contributed by atoms with van der Waals surface area (Å²) >= 11 is 5.25. The highest BCUT2D eigenvalue weighted by Gasteiger charge is 2.27. The van der Waals surface area contributed by atoms with Gasteiger partial charge in [-0.05, 0) is 0 Å². The van der Waals surface area contributed by atoms with Crippen molar-refractivity contribution in [1.82, 2.24) is 4.42 Å². The van der Waals surface area contributed by atoms with Gasteiger partial charge in [-0.15, -0.1) is 0 Å². The van der Waals surface area contributed by atoms with Crippen LogP contribution in [-0.2, 0) is 4.79 Å². The van der Waals surface area contributed by atoms with Gasteiger partial charge in [0.25, 0.3) is 0 Å². The number of hydrogen-bond donors (Lipinski definition) is 1. The van der Waals surface area contributed by atoms with E-state index in [2.05, 4.69) is 0 Å². The van der Waals surface area contributed by atoms with Crippen LogP contribution in [0.2, 0.25) is 0 Å². The molecule has 3 nitrogen and oxygen atoms in total. The van der Waals surface area contributed by atoms with E-state index in [-0.39, 0.29) is 5.91 Å². The predicted molar refractivity (Wildman–Crippen MR) is 27.9 cm³/mol. The van der Waals surface area contributed by atoms with Gasteiger partial charge in [-0.2, -0.15) is 0 Å². The molecule has 1 rings (SSSR count). The smallest absolute Gasteiger partial charge is 0.239 e. The summed E-state index contributed by atoms with van der Waals surface area (Å²) in [7, 11) is 0. The fraction of sp³-hybridized carbons (Fsp3) is 0.750. The molecule has 0 aromatic rings. The summed E-state index contributed by atoms with van der Waals surface area (Å²) in [4.78, 5) is 10.4. The largest absolute Gasteiger partial charge is 0.372 e. The number of halogens is 1. The Morgan fingerprint density at radius 3 is 2.62 bits per heavy atom. The first kappa shape index (κ1) is 5.85. The van der Waals surface area contributed by atoms with E-state index in [4.69, 9.17) is 16.9 Å². The monoisotopic (exact) mass is 135 g/mol. The molecule has 1 aliphatic heterocycles. The third-order valence-electron chi connectivity index (χ3n) is 1.12. The highest BCUT2D eigenvalue weighted by molar-refractivity contribution is 6.21. The molecular formula is C4H6ClNO2. The number of hydrogen-bond acceptors (Lipinski definition) is 2. The highest BCUT2D eigenvalue weighted by atomic mass is 35.5. The molecule has 4 heteroatoms. The van der Waals surface area contributed by atoms with Crippen LogP contribution >= 0.6 is 11.8 Å². The van der Waals surface area contributed by atoms with Gasteiger partial charge in [0.05, 0.1) is 0 Å². The Hall–Kier alpha value is -0.280. The quantitative estimate of drug-likeness (QED) is 0.478. The first-order chi connectivity index (χ1) is 3.72. The van der Waals surface area contributed by atoms with Crippen molar-refractivity contribution in [2.24, 2.45) is 0 Å². The van der Waals surface area contributed by atoms with E-state index in [1.165, 1.54) is 0 Å². The molecule has 0 aliphatic carbocycles. The zero-order chi connectivity index (χ0) is 6.15. The molecule has 1 fully saturated rings. The van der Waals surface area contributed by atoms with Crippen molar-refractivity contribution in [2.45, 2.75) is 19.1 Å². The molecule has 0 aromatic heterocycles. The third-order valence-corrected chi connectivity index (χ3v) is 1.53. The molecule has 1 amide bonds. The second-order valence-electron chi connectivity index (χ2n) is 1.72. The van der Waals surface area contributed by atoms with Crippen molar-refractivity contribution in [2.75, 3.05) is 0 Å². The molecule has 46 valence electrons. The van der Waals surface area contributed by atoms with Crippen LogP contribution in [0.15, 0.2) is 0 Å². The van der Waals surface area contributed by atoms with E-state index in [1.807, 2.05) is 0 Å².